The van der Waals surface area contributed by atoms with Crippen molar-refractivity contribution in [1.82, 2.24) is 14.4 Å². The van der Waals surface area contributed by atoms with Crippen LogP contribution in [0.25, 0.3) is 16.5 Å². The fourth-order valence-corrected chi connectivity index (χ4v) is 4.35. The first-order chi connectivity index (χ1) is 12.0. The Hall–Kier alpha value is -2.14. The highest BCUT2D eigenvalue weighted by atomic mass is 19.1. The molecule has 2 aliphatic rings. The van der Waals surface area contributed by atoms with Gasteiger partial charge in [0.25, 0.3) is 0 Å². The van der Waals surface area contributed by atoms with Crippen LogP contribution in [0.3, 0.4) is 0 Å². The van der Waals surface area contributed by atoms with E-state index in [0.717, 1.165) is 23.0 Å². The van der Waals surface area contributed by atoms with E-state index in [1.165, 1.54) is 0 Å². The quantitative estimate of drug-likeness (QED) is 0.859. The van der Waals surface area contributed by atoms with Gasteiger partial charge >= 0.3 is 0 Å². The second-order valence-electron chi connectivity index (χ2n) is 7.02. The van der Waals surface area contributed by atoms with Gasteiger partial charge in [0.15, 0.2) is 0 Å². The predicted octanol–water partition coefficient (Wildman–Crippen LogP) is 2.98. The van der Waals surface area contributed by atoms with Crippen LogP contribution in [0.5, 0.6) is 0 Å². The Morgan fingerprint density at radius 2 is 2.00 bits per heavy atom. The zero-order valence-electron chi connectivity index (χ0n) is 15.0. The Morgan fingerprint density at radius 1 is 1.24 bits per heavy atom. The van der Waals surface area contributed by atoms with Gasteiger partial charge in [0.05, 0.1) is 17.5 Å². The van der Waals surface area contributed by atoms with E-state index in [-0.39, 0.29) is 23.7 Å². The molecule has 1 aromatic carbocycles. The summed E-state index contributed by atoms with van der Waals surface area (Å²) >= 11 is 0. The molecule has 0 saturated heterocycles. The molecule has 0 radical (unpaired) electrons. The second kappa shape index (κ2) is 5.99. The molecule has 4 nitrogen and oxygen atoms in total. The highest BCUT2D eigenvalue weighted by molar-refractivity contribution is 5.96. The van der Waals surface area contributed by atoms with E-state index >= 15 is 0 Å². The molecule has 0 N–H and O–H groups in total. The number of amides is 1. The molecule has 1 amide bonds. The van der Waals surface area contributed by atoms with Crippen LogP contribution in [-0.2, 0) is 11.3 Å². The summed E-state index contributed by atoms with van der Waals surface area (Å²) in [6.07, 6.45) is 4.06. The lowest BCUT2D eigenvalue weighted by atomic mass is 9.85. The minimum atomic E-state index is -0.215. The van der Waals surface area contributed by atoms with Gasteiger partial charge in [-0.15, -0.1) is 0 Å². The van der Waals surface area contributed by atoms with Crippen LogP contribution < -0.4 is 0 Å². The monoisotopic (exact) mass is 341 g/mol. The SMILES string of the molecule is CCN(CC)C(=O)[C@@H]1C=C2c3c(F)ccc4ccn(c34)CC2N(C)C1. The number of likely N-dealkylation sites (N-methyl/N-ethyl adjacent to an activating group) is 1. The van der Waals surface area contributed by atoms with Crippen molar-refractivity contribution < 1.29 is 9.18 Å². The predicted molar refractivity (Wildman–Crippen MR) is 97.7 cm³/mol. The molecule has 0 fully saturated rings. The number of rotatable bonds is 3. The Balaban J connectivity index is 1.85. The lowest BCUT2D eigenvalue weighted by Crippen LogP contribution is -2.48. The standard InChI is InChI=1S/C20H24FN3O/c1-4-23(5-2)20(25)14-10-15-17(22(3)11-14)12-24-9-8-13-6-7-16(21)18(15)19(13)24/h6-10,14,17H,4-5,11-12H2,1-3H3/t14-,17?/m1/s1. The third-order valence-electron chi connectivity index (χ3n) is 5.69. The Morgan fingerprint density at radius 3 is 2.72 bits per heavy atom. The van der Waals surface area contributed by atoms with Crippen LogP contribution in [0, 0.1) is 11.7 Å². The summed E-state index contributed by atoms with van der Waals surface area (Å²) in [6, 6.07) is 5.52. The van der Waals surface area contributed by atoms with Crippen LogP contribution in [0.2, 0.25) is 0 Å². The number of hydrogen-bond acceptors (Lipinski definition) is 2. The van der Waals surface area contributed by atoms with Gasteiger partial charge in [0.1, 0.15) is 5.82 Å². The summed E-state index contributed by atoms with van der Waals surface area (Å²) in [4.78, 5) is 16.9. The average molecular weight is 341 g/mol. The Kier molecular flexibility index (Phi) is 3.91. The van der Waals surface area contributed by atoms with Crippen molar-refractivity contribution in [2.45, 2.75) is 26.4 Å². The van der Waals surface area contributed by atoms with Crippen molar-refractivity contribution in [3.63, 3.8) is 0 Å². The third-order valence-corrected chi connectivity index (χ3v) is 5.69. The maximum absolute atomic E-state index is 14.8. The minimum absolute atomic E-state index is 0.112. The summed E-state index contributed by atoms with van der Waals surface area (Å²) in [5.41, 5.74) is 2.59. The average Bonchev–Trinajstić information content (AvgIpc) is 3.02. The highest BCUT2D eigenvalue weighted by Crippen LogP contribution is 2.40. The molecule has 1 aromatic heterocycles. The molecule has 2 aromatic rings. The first-order valence-corrected chi connectivity index (χ1v) is 9.03. The molecule has 2 atom stereocenters. The maximum atomic E-state index is 14.8. The minimum Gasteiger partial charge on any atom is -0.345 e. The van der Waals surface area contributed by atoms with Gasteiger partial charge in [0.2, 0.25) is 5.91 Å². The van der Waals surface area contributed by atoms with Crippen LogP contribution >= 0.6 is 0 Å². The largest absolute Gasteiger partial charge is 0.345 e. The Bertz CT molecular complexity index is 865. The number of aromatic nitrogens is 1. The smallest absolute Gasteiger partial charge is 0.230 e. The van der Waals surface area contributed by atoms with Gasteiger partial charge in [-0.1, -0.05) is 6.08 Å². The molecule has 0 spiro atoms. The molecule has 3 heterocycles. The van der Waals surface area contributed by atoms with Crippen LogP contribution in [0.15, 0.2) is 30.5 Å². The number of fused-ring (bicyclic) bond motifs is 2. The summed E-state index contributed by atoms with van der Waals surface area (Å²) in [5, 5.41) is 1.05. The number of carbonyl (C=O) groups is 1. The third kappa shape index (κ3) is 2.41. The second-order valence-corrected chi connectivity index (χ2v) is 7.02. The van der Waals surface area contributed by atoms with E-state index in [1.54, 1.807) is 6.07 Å². The van der Waals surface area contributed by atoms with Crippen molar-refractivity contribution in [2.75, 3.05) is 26.7 Å². The van der Waals surface area contributed by atoms with E-state index in [4.69, 9.17) is 0 Å². The van der Waals surface area contributed by atoms with Crippen LogP contribution in [0.1, 0.15) is 19.4 Å². The highest BCUT2D eigenvalue weighted by Gasteiger charge is 2.37. The fraction of sp³-hybridized carbons (Fsp3) is 0.450. The van der Waals surface area contributed by atoms with Crippen LogP contribution in [0.4, 0.5) is 4.39 Å². The van der Waals surface area contributed by atoms with Crippen molar-refractivity contribution in [3.8, 4) is 0 Å². The number of hydrogen-bond donors (Lipinski definition) is 0. The van der Waals surface area contributed by atoms with Gasteiger partial charge in [-0.05, 0) is 44.7 Å². The van der Waals surface area contributed by atoms with Crippen molar-refractivity contribution >= 4 is 22.4 Å². The molecule has 1 unspecified atom stereocenters. The molecule has 132 valence electrons. The van der Waals surface area contributed by atoms with Gasteiger partial charge in [0, 0.05) is 43.3 Å². The van der Waals surface area contributed by atoms with Crippen molar-refractivity contribution in [1.29, 1.82) is 0 Å². The molecule has 2 aliphatic heterocycles. The normalized spacial score (nSPS) is 22.6. The molecule has 5 heteroatoms. The van der Waals surface area contributed by atoms with Gasteiger partial charge < -0.3 is 9.47 Å². The number of halogens is 1. The zero-order valence-corrected chi connectivity index (χ0v) is 15.0. The molecule has 25 heavy (non-hydrogen) atoms. The maximum Gasteiger partial charge on any atom is 0.230 e. The molecule has 0 aliphatic carbocycles. The van der Waals surface area contributed by atoms with E-state index < -0.39 is 0 Å². The number of carbonyl (C=O) groups excluding carboxylic acids is 1. The topological polar surface area (TPSA) is 28.5 Å². The van der Waals surface area contributed by atoms with E-state index in [1.807, 2.05) is 50.2 Å². The zero-order chi connectivity index (χ0) is 17.7. The molecule has 4 rings (SSSR count). The van der Waals surface area contributed by atoms with Crippen LogP contribution in [-0.4, -0.2) is 53.0 Å². The summed E-state index contributed by atoms with van der Waals surface area (Å²) in [6.45, 7) is 6.88. The van der Waals surface area contributed by atoms with Gasteiger partial charge in [-0.25, -0.2) is 4.39 Å². The summed E-state index contributed by atoms with van der Waals surface area (Å²) in [7, 11) is 2.03. The Labute approximate surface area is 147 Å². The molecule has 0 saturated carbocycles. The number of nitrogens with zero attached hydrogens (tertiary/aromatic N) is 3. The lowest BCUT2D eigenvalue weighted by Gasteiger charge is -2.41. The van der Waals surface area contributed by atoms with E-state index in [0.29, 0.717) is 25.2 Å². The first-order valence-electron chi connectivity index (χ1n) is 9.03. The summed E-state index contributed by atoms with van der Waals surface area (Å²) < 4.78 is 16.9. The van der Waals surface area contributed by atoms with E-state index in [9.17, 15) is 9.18 Å². The molecular weight excluding hydrogens is 317 g/mol. The van der Waals surface area contributed by atoms with Crippen molar-refractivity contribution in [2.24, 2.45) is 5.92 Å². The van der Waals surface area contributed by atoms with Gasteiger partial charge in [-0.2, -0.15) is 0 Å². The van der Waals surface area contributed by atoms with E-state index in [2.05, 4.69) is 9.47 Å². The molecule has 0 bridgehead atoms. The summed E-state index contributed by atoms with van der Waals surface area (Å²) in [5.74, 6) is -0.281. The van der Waals surface area contributed by atoms with Gasteiger partial charge in [-0.3, -0.25) is 9.69 Å². The number of benzene rings is 1. The fourth-order valence-electron chi connectivity index (χ4n) is 4.35. The molecular formula is C20H24FN3O. The first kappa shape index (κ1) is 16.3. The van der Waals surface area contributed by atoms with Crippen molar-refractivity contribution in [3.05, 3.63) is 41.9 Å². The lowest BCUT2D eigenvalue weighted by molar-refractivity contribution is -0.134.